The molecule has 0 radical (unpaired) electrons. The standard InChI is InChI=1S/C12H21NO4/c1-4-7-17-12(16)13-10(11(14)15)8-9(5-2)6-3/h4,9-10H,1,5-8H2,2-3H3,(H,13,16)(H,14,15)/t10-/m0/s1. The second-order valence-electron chi connectivity index (χ2n) is 3.84. The highest BCUT2D eigenvalue weighted by Gasteiger charge is 2.23. The number of alkyl carbamates (subject to hydrolysis) is 1. The van der Waals surface area contributed by atoms with Crippen LogP contribution in [-0.2, 0) is 9.53 Å². The molecule has 5 heteroatoms. The number of carboxylic acid groups (broad SMARTS) is 1. The second kappa shape index (κ2) is 8.61. The van der Waals surface area contributed by atoms with Gasteiger partial charge in [0.05, 0.1) is 0 Å². The Labute approximate surface area is 102 Å². The maximum absolute atomic E-state index is 11.2. The zero-order valence-electron chi connectivity index (χ0n) is 10.4. The van der Waals surface area contributed by atoms with E-state index >= 15 is 0 Å². The van der Waals surface area contributed by atoms with Crippen LogP contribution >= 0.6 is 0 Å². The molecular weight excluding hydrogens is 222 g/mol. The van der Waals surface area contributed by atoms with Crippen LogP contribution in [0.25, 0.3) is 0 Å². The van der Waals surface area contributed by atoms with E-state index in [1.807, 2.05) is 13.8 Å². The summed E-state index contributed by atoms with van der Waals surface area (Å²) in [5, 5.41) is 11.3. The molecule has 0 bridgehead atoms. The monoisotopic (exact) mass is 243 g/mol. The van der Waals surface area contributed by atoms with Crippen LogP contribution in [0.15, 0.2) is 12.7 Å². The van der Waals surface area contributed by atoms with Gasteiger partial charge in [0, 0.05) is 0 Å². The van der Waals surface area contributed by atoms with Crippen molar-refractivity contribution in [2.45, 2.75) is 39.2 Å². The van der Waals surface area contributed by atoms with Crippen LogP contribution in [0.3, 0.4) is 0 Å². The lowest BCUT2D eigenvalue weighted by Gasteiger charge is -2.19. The fourth-order valence-electron chi connectivity index (χ4n) is 1.50. The van der Waals surface area contributed by atoms with Crippen molar-refractivity contribution in [1.82, 2.24) is 5.32 Å². The van der Waals surface area contributed by atoms with E-state index in [-0.39, 0.29) is 12.5 Å². The van der Waals surface area contributed by atoms with Crippen LogP contribution in [0.5, 0.6) is 0 Å². The highest BCUT2D eigenvalue weighted by Crippen LogP contribution is 2.15. The Morgan fingerprint density at radius 1 is 1.41 bits per heavy atom. The summed E-state index contributed by atoms with van der Waals surface area (Å²) in [5.41, 5.74) is 0. The molecule has 1 atom stereocenters. The number of carbonyl (C=O) groups excluding carboxylic acids is 1. The molecule has 0 aliphatic heterocycles. The van der Waals surface area contributed by atoms with E-state index < -0.39 is 18.1 Å². The first kappa shape index (κ1) is 15.5. The summed E-state index contributed by atoms with van der Waals surface area (Å²) >= 11 is 0. The maximum atomic E-state index is 11.2. The SMILES string of the molecule is C=CCOC(=O)N[C@@H](CC(CC)CC)C(=O)O. The third kappa shape index (κ3) is 6.60. The first-order valence-electron chi connectivity index (χ1n) is 5.82. The quantitative estimate of drug-likeness (QED) is 0.641. The van der Waals surface area contributed by atoms with Crippen molar-refractivity contribution in [1.29, 1.82) is 0 Å². The number of nitrogens with one attached hydrogen (secondary N) is 1. The van der Waals surface area contributed by atoms with Crippen molar-refractivity contribution >= 4 is 12.1 Å². The number of ether oxygens (including phenoxy) is 1. The highest BCUT2D eigenvalue weighted by molar-refractivity contribution is 5.79. The average molecular weight is 243 g/mol. The molecule has 0 unspecified atom stereocenters. The molecule has 0 spiro atoms. The van der Waals surface area contributed by atoms with Gasteiger partial charge >= 0.3 is 12.1 Å². The summed E-state index contributed by atoms with van der Waals surface area (Å²) in [7, 11) is 0. The van der Waals surface area contributed by atoms with Gasteiger partial charge in [0.25, 0.3) is 0 Å². The number of carbonyl (C=O) groups is 2. The number of hydrogen-bond acceptors (Lipinski definition) is 3. The summed E-state index contributed by atoms with van der Waals surface area (Å²) in [6.07, 6.45) is 2.91. The van der Waals surface area contributed by atoms with Crippen molar-refractivity contribution in [3.05, 3.63) is 12.7 Å². The van der Waals surface area contributed by atoms with Crippen molar-refractivity contribution in [2.24, 2.45) is 5.92 Å². The number of amides is 1. The van der Waals surface area contributed by atoms with Gasteiger partial charge < -0.3 is 15.2 Å². The van der Waals surface area contributed by atoms with E-state index in [4.69, 9.17) is 5.11 Å². The van der Waals surface area contributed by atoms with Gasteiger partial charge in [-0.1, -0.05) is 39.3 Å². The van der Waals surface area contributed by atoms with E-state index in [9.17, 15) is 9.59 Å². The van der Waals surface area contributed by atoms with Gasteiger partial charge in [-0.15, -0.1) is 0 Å². The van der Waals surface area contributed by atoms with Gasteiger partial charge in [-0.3, -0.25) is 0 Å². The van der Waals surface area contributed by atoms with E-state index in [1.165, 1.54) is 6.08 Å². The first-order valence-corrected chi connectivity index (χ1v) is 5.82. The summed E-state index contributed by atoms with van der Waals surface area (Å²) in [5.74, 6) is -0.747. The molecule has 0 aromatic rings. The predicted octanol–water partition coefficient (Wildman–Crippen LogP) is 2.18. The van der Waals surface area contributed by atoms with Gasteiger partial charge in [0.1, 0.15) is 12.6 Å². The zero-order chi connectivity index (χ0) is 13.3. The molecule has 0 saturated heterocycles. The van der Waals surface area contributed by atoms with E-state index in [0.717, 1.165) is 12.8 Å². The Morgan fingerprint density at radius 3 is 2.41 bits per heavy atom. The molecule has 0 rings (SSSR count). The molecule has 0 aromatic carbocycles. The summed E-state index contributed by atoms with van der Waals surface area (Å²) in [6, 6.07) is -0.891. The van der Waals surface area contributed by atoms with Gasteiger partial charge in [-0.25, -0.2) is 9.59 Å². The highest BCUT2D eigenvalue weighted by atomic mass is 16.5. The summed E-state index contributed by atoms with van der Waals surface area (Å²) in [6.45, 7) is 7.48. The molecule has 1 amide bonds. The number of rotatable bonds is 8. The fourth-order valence-corrected chi connectivity index (χ4v) is 1.50. The van der Waals surface area contributed by atoms with E-state index in [1.54, 1.807) is 0 Å². The lowest BCUT2D eigenvalue weighted by molar-refractivity contribution is -0.139. The maximum Gasteiger partial charge on any atom is 0.408 e. The van der Waals surface area contributed by atoms with Crippen molar-refractivity contribution < 1.29 is 19.4 Å². The number of aliphatic carboxylic acids is 1. The van der Waals surface area contributed by atoms with Crippen LogP contribution in [0.2, 0.25) is 0 Å². The predicted molar refractivity (Wildman–Crippen MR) is 64.8 cm³/mol. The van der Waals surface area contributed by atoms with Gasteiger partial charge in [0.15, 0.2) is 0 Å². The Hall–Kier alpha value is -1.52. The summed E-state index contributed by atoms with van der Waals surface area (Å²) < 4.78 is 4.69. The van der Waals surface area contributed by atoms with E-state index in [0.29, 0.717) is 6.42 Å². The molecule has 0 aromatic heterocycles. The normalized spacial score (nSPS) is 11.9. The largest absolute Gasteiger partial charge is 0.480 e. The minimum absolute atomic E-state index is 0.0726. The first-order chi connectivity index (χ1) is 8.04. The Bertz CT molecular complexity index is 261. The lowest BCUT2D eigenvalue weighted by atomic mass is 9.95. The van der Waals surface area contributed by atoms with Gasteiger partial charge in [-0.2, -0.15) is 0 Å². The molecule has 0 aliphatic rings. The van der Waals surface area contributed by atoms with Crippen LogP contribution in [0, 0.1) is 5.92 Å². The third-order valence-electron chi connectivity index (χ3n) is 2.65. The molecule has 98 valence electrons. The van der Waals surface area contributed by atoms with Crippen LogP contribution in [0.4, 0.5) is 4.79 Å². The molecule has 17 heavy (non-hydrogen) atoms. The zero-order valence-corrected chi connectivity index (χ0v) is 10.4. The number of carboxylic acids is 1. The van der Waals surface area contributed by atoms with Crippen molar-refractivity contribution in [2.75, 3.05) is 6.61 Å². The smallest absolute Gasteiger partial charge is 0.408 e. The fraction of sp³-hybridized carbons (Fsp3) is 0.667. The Morgan fingerprint density at radius 2 is 2.00 bits per heavy atom. The van der Waals surface area contributed by atoms with Crippen LogP contribution < -0.4 is 5.32 Å². The minimum atomic E-state index is -1.03. The topological polar surface area (TPSA) is 75.6 Å². The number of hydrogen-bond donors (Lipinski definition) is 2. The van der Waals surface area contributed by atoms with Gasteiger partial charge in [0.2, 0.25) is 0 Å². The molecule has 0 aliphatic carbocycles. The molecule has 0 fully saturated rings. The Kier molecular flexibility index (Phi) is 7.84. The minimum Gasteiger partial charge on any atom is -0.480 e. The summed E-state index contributed by atoms with van der Waals surface area (Å²) in [4.78, 5) is 22.2. The molecule has 2 N–H and O–H groups in total. The van der Waals surface area contributed by atoms with Crippen molar-refractivity contribution in [3.8, 4) is 0 Å². The average Bonchev–Trinajstić information content (AvgIpc) is 2.31. The van der Waals surface area contributed by atoms with Crippen molar-refractivity contribution in [3.63, 3.8) is 0 Å². The third-order valence-corrected chi connectivity index (χ3v) is 2.65. The Balaban J connectivity index is 4.28. The lowest BCUT2D eigenvalue weighted by Crippen LogP contribution is -2.42. The molecule has 0 saturated carbocycles. The molecular formula is C12H21NO4. The van der Waals surface area contributed by atoms with Crippen LogP contribution in [-0.4, -0.2) is 29.8 Å². The second-order valence-corrected chi connectivity index (χ2v) is 3.84. The van der Waals surface area contributed by atoms with E-state index in [2.05, 4.69) is 16.6 Å². The van der Waals surface area contributed by atoms with Gasteiger partial charge in [-0.05, 0) is 12.3 Å². The van der Waals surface area contributed by atoms with Crippen LogP contribution in [0.1, 0.15) is 33.1 Å². The molecule has 0 heterocycles. The molecule has 5 nitrogen and oxygen atoms in total.